The van der Waals surface area contributed by atoms with Gasteiger partial charge in [0.05, 0.1) is 12.8 Å². The van der Waals surface area contributed by atoms with E-state index in [0.717, 1.165) is 16.0 Å². The predicted octanol–water partition coefficient (Wildman–Crippen LogP) is 3.92. The Kier molecular flexibility index (Phi) is 7.29. The molecule has 2 aromatic rings. The van der Waals surface area contributed by atoms with Crippen molar-refractivity contribution in [3.8, 4) is 5.75 Å². The van der Waals surface area contributed by atoms with E-state index in [9.17, 15) is 9.59 Å². The van der Waals surface area contributed by atoms with E-state index in [1.165, 1.54) is 13.2 Å². The molecule has 5 nitrogen and oxygen atoms in total. The number of thioether (sulfide) groups is 1. The molecule has 6 heteroatoms. The Labute approximate surface area is 157 Å². The van der Waals surface area contributed by atoms with Crippen LogP contribution in [0.5, 0.6) is 5.75 Å². The van der Waals surface area contributed by atoms with Gasteiger partial charge in [-0.1, -0.05) is 18.2 Å². The number of carbonyl (C=O) groups is 2. The first-order valence-electron chi connectivity index (χ1n) is 7.95. The van der Waals surface area contributed by atoms with E-state index >= 15 is 0 Å². The molecule has 2 aromatic carbocycles. The highest BCUT2D eigenvalue weighted by molar-refractivity contribution is 7.98. The number of ether oxygens (including phenoxy) is 2. The largest absolute Gasteiger partial charge is 0.495 e. The van der Waals surface area contributed by atoms with Gasteiger partial charge >= 0.3 is 5.97 Å². The van der Waals surface area contributed by atoms with Crippen molar-refractivity contribution in [1.29, 1.82) is 0 Å². The summed E-state index contributed by atoms with van der Waals surface area (Å²) in [5, 5.41) is 2.68. The molecular formula is C20H21NO4S. The molecule has 0 radical (unpaired) electrons. The molecule has 0 aliphatic rings. The summed E-state index contributed by atoms with van der Waals surface area (Å²) in [4.78, 5) is 24.9. The van der Waals surface area contributed by atoms with Crippen molar-refractivity contribution in [2.75, 3.05) is 25.3 Å². The summed E-state index contributed by atoms with van der Waals surface area (Å²) in [6.45, 7) is 1.54. The smallest absolute Gasteiger partial charge is 0.331 e. The molecule has 1 amide bonds. The van der Waals surface area contributed by atoms with Gasteiger partial charge < -0.3 is 14.8 Å². The summed E-state index contributed by atoms with van der Waals surface area (Å²) in [5.41, 5.74) is 2.40. The van der Waals surface area contributed by atoms with E-state index in [1.54, 1.807) is 30.0 Å². The lowest BCUT2D eigenvalue weighted by Crippen LogP contribution is -2.20. The van der Waals surface area contributed by atoms with Crippen LogP contribution < -0.4 is 10.1 Å². The summed E-state index contributed by atoms with van der Waals surface area (Å²) in [7, 11) is 1.52. The van der Waals surface area contributed by atoms with Crippen LogP contribution in [0.4, 0.5) is 5.69 Å². The Morgan fingerprint density at radius 3 is 2.54 bits per heavy atom. The van der Waals surface area contributed by atoms with Gasteiger partial charge in [0.25, 0.3) is 5.91 Å². The van der Waals surface area contributed by atoms with E-state index in [2.05, 4.69) is 5.32 Å². The highest BCUT2D eigenvalue weighted by Gasteiger charge is 2.09. The lowest BCUT2D eigenvalue weighted by atomic mass is 10.2. The zero-order valence-electron chi connectivity index (χ0n) is 14.9. The lowest BCUT2D eigenvalue weighted by molar-refractivity contribution is -0.142. The quantitative estimate of drug-likeness (QED) is 0.454. The van der Waals surface area contributed by atoms with Crippen molar-refractivity contribution in [2.24, 2.45) is 0 Å². The average Bonchev–Trinajstić information content (AvgIpc) is 2.65. The predicted molar refractivity (Wildman–Crippen MR) is 105 cm³/mol. The van der Waals surface area contributed by atoms with Gasteiger partial charge in [-0.2, -0.15) is 0 Å². The van der Waals surface area contributed by atoms with Crippen LogP contribution >= 0.6 is 11.8 Å². The van der Waals surface area contributed by atoms with Crippen LogP contribution in [0.3, 0.4) is 0 Å². The molecule has 0 aliphatic carbocycles. The molecule has 0 aromatic heterocycles. The van der Waals surface area contributed by atoms with Crippen LogP contribution in [0.15, 0.2) is 53.4 Å². The fourth-order valence-electron chi connectivity index (χ4n) is 2.17. The summed E-state index contributed by atoms with van der Waals surface area (Å²) in [5.74, 6) is -0.464. The van der Waals surface area contributed by atoms with E-state index in [-0.39, 0.29) is 6.61 Å². The maximum Gasteiger partial charge on any atom is 0.331 e. The molecule has 0 saturated heterocycles. The van der Waals surface area contributed by atoms with Crippen molar-refractivity contribution in [3.05, 3.63) is 59.7 Å². The Morgan fingerprint density at radius 1 is 1.15 bits per heavy atom. The summed E-state index contributed by atoms with van der Waals surface area (Å²) < 4.78 is 10.2. The zero-order valence-corrected chi connectivity index (χ0v) is 15.8. The second-order valence-corrected chi connectivity index (χ2v) is 6.35. The molecule has 0 unspecified atom stereocenters. The zero-order chi connectivity index (χ0) is 18.9. The Hall–Kier alpha value is -2.73. The first-order chi connectivity index (χ1) is 12.5. The third-order valence-corrected chi connectivity index (χ3v) is 4.25. The van der Waals surface area contributed by atoms with Crippen LogP contribution in [0.25, 0.3) is 6.08 Å². The molecular weight excluding hydrogens is 350 g/mol. The SMILES string of the molecule is COc1ccc(C)cc1NC(=O)COC(=O)/C=C/c1ccc(SC)cc1. The van der Waals surface area contributed by atoms with Crippen molar-refractivity contribution < 1.29 is 19.1 Å². The van der Waals surface area contributed by atoms with Crippen molar-refractivity contribution in [1.82, 2.24) is 0 Å². The molecule has 2 rings (SSSR count). The second-order valence-electron chi connectivity index (χ2n) is 5.47. The number of anilines is 1. The maximum atomic E-state index is 12.0. The van der Waals surface area contributed by atoms with E-state index in [1.807, 2.05) is 43.5 Å². The minimum Gasteiger partial charge on any atom is -0.495 e. The number of esters is 1. The molecule has 0 aliphatic heterocycles. The summed E-state index contributed by atoms with van der Waals surface area (Å²) >= 11 is 1.65. The standard InChI is InChI=1S/C20H21NO4S/c1-14-4-10-18(24-2)17(12-14)21-19(22)13-25-20(23)11-7-15-5-8-16(26-3)9-6-15/h4-12H,13H2,1-3H3,(H,21,22)/b11-7+. The number of nitrogens with one attached hydrogen (secondary N) is 1. The van der Waals surface area contributed by atoms with Crippen LogP contribution in [0, 0.1) is 6.92 Å². The van der Waals surface area contributed by atoms with Crippen LogP contribution in [0.1, 0.15) is 11.1 Å². The Bertz CT molecular complexity index is 800. The van der Waals surface area contributed by atoms with Gasteiger partial charge in [-0.15, -0.1) is 11.8 Å². The number of rotatable bonds is 7. The monoisotopic (exact) mass is 371 g/mol. The van der Waals surface area contributed by atoms with Crippen LogP contribution in [-0.2, 0) is 14.3 Å². The normalized spacial score (nSPS) is 10.6. The lowest BCUT2D eigenvalue weighted by Gasteiger charge is -2.10. The van der Waals surface area contributed by atoms with E-state index in [0.29, 0.717) is 11.4 Å². The molecule has 136 valence electrons. The number of aryl methyl sites for hydroxylation is 1. The molecule has 0 spiro atoms. The molecule has 0 saturated carbocycles. The van der Waals surface area contributed by atoms with Gasteiger partial charge in [-0.25, -0.2) is 4.79 Å². The number of carbonyl (C=O) groups excluding carboxylic acids is 2. The van der Waals surface area contributed by atoms with Crippen LogP contribution in [0.2, 0.25) is 0 Å². The number of amides is 1. The van der Waals surface area contributed by atoms with Gasteiger partial charge in [-0.3, -0.25) is 4.79 Å². The Morgan fingerprint density at radius 2 is 1.88 bits per heavy atom. The first-order valence-corrected chi connectivity index (χ1v) is 9.17. The number of hydrogen-bond donors (Lipinski definition) is 1. The number of hydrogen-bond acceptors (Lipinski definition) is 5. The molecule has 0 heterocycles. The van der Waals surface area contributed by atoms with Gasteiger partial charge in [0.1, 0.15) is 5.75 Å². The van der Waals surface area contributed by atoms with Gasteiger partial charge in [-0.05, 0) is 54.6 Å². The molecule has 0 atom stereocenters. The van der Waals surface area contributed by atoms with Gasteiger partial charge in [0.2, 0.25) is 0 Å². The third-order valence-electron chi connectivity index (χ3n) is 3.50. The first kappa shape index (κ1) is 19.6. The van der Waals surface area contributed by atoms with Crippen molar-refractivity contribution in [3.63, 3.8) is 0 Å². The highest BCUT2D eigenvalue weighted by atomic mass is 32.2. The third kappa shape index (κ3) is 5.97. The van der Waals surface area contributed by atoms with E-state index in [4.69, 9.17) is 9.47 Å². The van der Waals surface area contributed by atoms with Crippen molar-refractivity contribution in [2.45, 2.75) is 11.8 Å². The molecule has 26 heavy (non-hydrogen) atoms. The fourth-order valence-corrected chi connectivity index (χ4v) is 2.58. The molecule has 0 fully saturated rings. The fraction of sp³-hybridized carbons (Fsp3) is 0.200. The van der Waals surface area contributed by atoms with E-state index < -0.39 is 11.9 Å². The van der Waals surface area contributed by atoms with Gasteiger partial charge in [0.15, 0.2) is 6.61 Å². The summed E-state index contributed by atoms with van der Waals surface area (Å²) in [6, 6.07) is 13.2. The minimum absolute atomic E-state index is 0.369. The molecule has 0 bridgehead atoms. The van der Waals surface area contributed by atoms with Crippen molar-refractivity contribution >= 4 is 35.4 Å². The summed E-state index contributed by atoms with van der Waals surface area (Å²) in [6.07, 6.45) is 4.95. The highest BCUT2D eigenvalue weighted by Crippen LogP contribution is 2.25. The average molecular weight is 371 g/mol. The minimum atomic E-state index is -0.578. The molecule has 1 N–H and O–H groups in total. The maximum absolute atomic E-state index is 12.0. The topological polar surface area (TPSA) is 64.6 Å². The number of benzene rings is 2. The number of methoxy groups -OCH3 is 1. The second kappa shape index (κ2) is 9.68. The van der Waals surface area contributed by atoms with Gasteiger partial charge in [0, 0.05) is 11.0 Å². The van der Waals surface area contributed by atoms with Crippen LogP contribution in [-0.4, -0.2) is 31.8 Å². The Balaban J connectivity index is 1.85.